The van der Waals surface area contributed by atoms with Crippen LogP contribution in [-0.2, 0) is 4.74 Å². The first-order valence-corrected chi connectivity index (χ1v) is 6.74. The van der Waals surface area contributed by atoms with Crippen LogP contribution in [0.1, 0.15) is 37.6 Å². The van der Waals surface area contributed by atoms with Gasteiger partial charge in [0.05, 0.1) is 11.2 Å². The van der Waals surface area contributed by atoms with Crippen molar-refractivity contribution >= 4 is 23.3 Å². The third kappa shape index (κ3) is 2.23. The molecule has 6 nitrogen and oxygen atoms in total. The van der Waals surface area contributed by atoms with E-state index >= 15 is 0 Å². The monoisotopic (exact) mass is 298 g/mol. The van der Waals surface area contributed by atoms with Gasteiger partial charge in [-0.1, -0.05) is 25.4 Å². The standard InChI is InChI=1S/C13H19ClN4O2/c1-12(2)8(6-13(12,3)20-4)16-11-7(10(15)19)5-9(14)17-18-11/h5,8H,6H2,1-4H3,(H2,15,19)(H,16,18). The zero-order valence-corrected chi connectivity index (χ0v) is 12.8. The van der Waals surface area contributed by atoms with Crippen LogP contribution < -0.4 is 11.1 Å². The van der Waals surface area contributed by atoms with E-state index in [0.29, 0.717) is 5.82 Å². The molecule has 0 radical (unpaired) electrons. The Balaban J connectivity index is 2.23. The van der Waals surface area contributed by atoms with E-state index in [9.17, 15) is 4.79 Å². The molecule has 20 heavy (non-hydrogen) atoms. The lowest BCUT2D eigenvalue weighted by Crippen LogP contribution is -2.65. The highest BCUT2D eigenvalue weighted by Gasteiger charge is 2.58. The molecule has 1 aromatic heterocycles. The average Bonchev–Trinajstić information content (AvgIpc) is 2.39. The fourth-order valence-corrected chi connectivity index (χ4v) is 2.70. The van der Waals surface area contributed by atoms with E-state index in [1.54, 1.807) is 7.11 Å². The zero-order valence-electron chi connectivity index (χ0n) is 12.0. The van der Waals surface area contributed by atoms with Gasteiger partial charge in [-0.2, -0.15) is 0 Å². The van der Waals surface area contributed by atoms with Crippen LogP contribution in [-0.4, -0.2) is 34.9 Å². The first kappa shape index (κ1) is 15.0. The number of nitrogens with two attached hydrogens (primary N) is 1. The van der Waals surface area contributed by atoms with Crippen molar-refractivity contribution in [3.05, 3.63) is 16.8 Å². The predicted molar refractivity (Wildman–Crippen MR) is 76.8 cm³/mol. The fraction of sp³-hybridized carbons (Fsp3) is 0.615. The minimum Gasteiger partial charge on any atom is -0.378 e. The number of rotatable bonds is 4. The van der Waals surface area contributed by atoms with Gasteiger partial charge in [0.1, 0.15) is 0 Å². The molecule has 1 aliphatic rings. The van der Waals surface area contributed by atoms with Gasteiger partial charge < -0.3 is 15.8 Å². The number of hydrogen-bond donors (Lipinski definition) is 2. The maximum Gasteiger partial charge on any atom is 0.252 e. The highest BCUT2D eigenvalue weighted by molar-refractivity contribution is 6.29. The average molecular weight is 299 g/mol. The number of primary amides is 1. The number of anilines is 1. The van der Waals surface area contributed by atoms with Crippen LogP contribution in [0.2, 0.25) is 5.15 Å². The Morgan fingerprint density at radius 3 is 2.65 bits per heavy atom. The summed E-state index contributed by atoms with van der Waals surface area (Å²) in [5, 5.41) is 11.0. The SMILES string of the molecule is COC1(C)CC(Nc2nnc(Cl)cc2C(N)=O)C1(C)C. The lowest BCUT2D eigenvalue weighted by Gasteiger charge is -2.59. The topological polar surface area (TPSA) is 90.1 Å². The Labute approximate surface area is 123 Å². The van der Waals surface area contributed by atoms with Crippen molar-refractivity contribution < 1.29 is 9.53 Å². The maximum absolute atomic E-state index is 11.4. The summed E-state index contributed by atoms with van der Waals surface area (Å²) >= 11 is 5.74. The third-order valence-corrected chi connectivity index (χ3v) is 4.80. The van der Waals surface area contributed by atoms with Crippen molar-refractivity contribution in [3.63, 3.8) is 0 Å². The molecule has 2 unspecified atom stereocenters. The van der Waals surface area contributed by atoms with Crippen molar-refractivity contribution in [2.24, 2.45) is 11.1 Å². The molecule has 7 heteroatoms. The molecule has 1 heterocycles. The van der Waals surface area contributed by atoms with Gasteiger partial charge in [-0.15, -0.1) is 10.2 Å². The van der Waals surface area contributed by atoms with Gasteiger partial charge in [0.15, 0.2) is 11.0 Å². The Morgan fingerprint density at radius 1 is 1.50 bits per heavy atom. The van der Waals surface area contributed by atoms with Crippen molar-refractivity contribution in [3.8, 4) is 0 Å². The van der Waals surface area contributed by atoms with E-state index < -0.39 is 5.91 Å². The van der Waals surface area contributed by atoms with E-state index in [-0.39, 0.29) is 27.8 Å². The normalized spacial score (nSPS) is 27.8. The molecule has 1 aromatic rings. The number of halogens is 1. The molecule has 0 aliphatic heterocycles. The summed E-state index contributed by atoms with van der Waals surface area (Å²) < 4.78 is 5.56. The van der Waals surface area contributed by atoms with Gasteiger partial charge >= 0.3 is 0 Å². The highest BCUT2D eigenvalue weighted by atomic mass is 35.5. The van der Waals surface area contributed by atoms with Gasteiger partial charge in [0.2, 0.25) is 0 Å². The molecular formula is C13H19ClN4O2. The molecule has 1 fully saturated rings. The van der Waals surface area contributed by atoms with E-state index in [2.05, 4.69) is 36.3 Å². The number of carbonyl (C=O) groups is 1. The number of hydrogen-bond acceptors (Lipinski definition) is 5. The second-order valence-electron chi connectivity index (χ2n) is 5.85. The lowest BCUT2D eigenvalue weighted by molar-refractivity contribution is -0.166. The number of aromatic nitrogens is 2. The Hall–Kier alpha value is -1.40. The summed E-state index contributed by atoms with van der Waals surface area (Å²) in [7, 11) is 1.70. The summed E-state index contributed by atoms with van der Waals surface area (Å²) in [6.45, 7) is 6.27. The minimum absolute atomic E-state index is 0.112. The number of methoxy groups -OCH3 is 1. The van der Waals surface area contributed by atoms with E-state index in [4.69, 9.17) is 22.1 Å². The molecule has 1 saturated carbocycles. The summed E-state index contributed by atoms with van der Waals surface area (Å²) in [5.74, 6) is -0.228. The van der Waals surface area contributed by atoms with Crippen LogP contribution >= 0.6 is 11.6 Å². The molecule has 0 saturated heterocycles. The molecule has 0 aromatic carbocycles. The lowest BCUT2D eigenvalue weighted by atomic mass is 9.56. The largest absolute Gasteiger partial charge is 0.378 e. The smallest absolute Gasteiger partial charge is 0.252 e. The fourth-order valence-electron chi connectivity index (χ4n) is 2.55. The molecule has 2 atom stereocenters. The molecule has 0 spiro atoms. The molecule has 0 bridgehead atoms. The second kappa shape index (κ2) is 4.86. The first-order valence-electron chi connectivity index (χ1n) is 6.36. The molecular weight excluding hydrogens is 280 g/mol. The molecule has 2 rings (SSSR count). The van der Waals surface area contributed by atoms with Crippen LogP contribution in [0.25, 0.3) is 0 Å². The summed E-state index contributed by atoms with van der Waals surface area (Å²) in [4.78, 5) is 11.4. The predicted octanol–water partition coefficient (Wildman–Crippen LogP) is 1.84. The van der Waals surface area contributed by atoms with Crippen molar-refractivity contribution in [1.82, 2.24) is 10.2 Å². The minimum atomic E-state index is -0.587. The zero-order chi connectivity index (χ0) is 15.1. The van der Waals surface area contributed by atoms with Crippen molar-refractivity contribution in [1.29, 1.82) is 0 Å². The highest BCUT2D eigenvalue weighted by Crippen LogP contribution is 2.52. The second-order valence-corrected chi connectivity index (χ2v) is 6.24. The van der Waals surface area contributed by atoms with Gasteiger partial charge in [-0.3, -0.25) is 4.79 Å². The molecule has 3 N–H and O–H groups in total. The number of amides is 1. The molecule has 110 valence electrons. The molecule has 1 aliphatic carbocycles. The van der Waals surface area contributed by atoms with Gasteiger partial charge in [-0.05, 0) is 19.4 Å². The Bertz CT molecular complexity index is 549. The van der Waals surface area contributed by atoms with Gasteiger partial charge in [0.25, 0.3) is 5.91 Å². The quantitative estimate of drug-likeness (QED) is 0.885. The third-order valence-electron chi connectivity index (χ3n) is 4.62. The maximum atomic E-state index is 11.4. The number of nitrogens with zero attached hydrogens (tertiary/aromatic N) is 2. The number of ether oxygens (including phenoxy) is 1. The summed E-state index contributed by atoms with van der Waals surface area (Å²) in [6, 6.07) is 1.53. The Morgan fingerprint density at radius 2 is 2.15 bits per heavy atom. The van der Waals surface area contributed by atoms with Gasteiger partial charge in [0, 0.05) is 18.6 Å². The Kier molecular flexibility index (Phi) is 3.64. The van der Waals surface area contributed by atoms with Crippen molar-refractivity contribution in [2.45, 2.75) is 38.8 Å². The van der Waals surface area contributed by atoms with Crippen LogP contribution in [0.4, 0.5) is 5.82 Å². The van der Waals surface area contributed by atoms with Crippen LogP contribution in [0.15, 0.2) is 6.07 Å². The van der Waals surface area contributed by atoms with Gasteiger partial charge in [-0.25, -0.2) is 0 Å². The van der Waals surface area contributed by atoms with E-state index in [1.165, 1.54) is 6.07 Å². The van der Waals surface area contributed by atoms with Crippen LogP contribution in [0.5, 0.6) is 0 Å². The van der Waals surface area contributed by atoms with E-state index in [0.717, 1.165) is 6.42 Å². The van der Waals surface area contributed by atoms with Crippen molar-refractivity contribution in [2.75, 3.05) is 12.4 Å². The van der Waals surface area contributed by atoms with Crippen LogP contribution in [0.3, 0.4) is 0 Å². The summed E-state index contributed by atoms with van der Waals surface area (Å²) in [6.07, 6.45) is 0.805. The van der Waals surface area contributed by atoms with Crippen LogP contribution in [0, 0.1) is 5.41 Å². The number of nitrogens with one attached hydrogen (secondary N) is 1. The molecule has 1 amide bonds. The van der Waals surface area contributed by atoms with E-state index in [1.807, 2.05) is 0 Å². The first-order chi connectivity index (χ1) is 9.21. The number of carbonyl (C=O) groups excluding carboxylic acids is 1. The summed E-state index contributed by atoms with van der Waals surface area (Å²) in [5.41, 5.74) is 5.25.